The van der Waals surface area contributed by atoms with Crippen LogP contribution in [0.15, 0.2) is 104 Å². The third-order valence-corrected chi connectivity index (χ3v) is 16.4. The molecule has 5 aromatic rings. The van der Waals surface area contributed by atoms with Gasteiger partial charge >= 0.3 is 11.9 Å². The standard InChI is InChI=1S/C53H56N6O13/c54-41-13-11-29-10-9-27-4-1-2-5-34(27)52(29,41)35-15-16-51(50(68)69)44(35)32-20-38(63)39(71-53(70)49(67)48(66)47(65)40(24-61)72-53)21-36(32)59(51)43(64)14-8-26-7-12-37(62)30(18-26)31-19-28(23-60)33(46-45(31)57-25-58-46)22-56-42-6-3-17-55-42/h1-10,12,14-18,20-21,25,28-29,31,33,35,40-41,44,47-49,55-56,60-63,65-67,70H,11,13,19,22-24,54H2,(H,57,58)(H,68,69)/b14-8+/t28-,29+,31-,33+,35-,40-,41+,44+,47-,48+,49-,51-,52-,53+/m1/s1. The molecule has 1 amide bonds. The van der Waals surface area contributed by atoms with Crippen LogP contribution in [0.2, 0.25) is 0 Å². The summed E-state index contributed by atoms with van der Waals surface area (Å²) in [5.41, 5.74) is 8.72. The molecule has 72 heavy (non-hydrogen) atoms. The number of aromatic amines is 2. The molecular formula is C53H56N6O13. The molecule has 3 aromatic carbocycles. The number of phenolic OH excluding ortho intramolecular Hbond substituents is 2. The van der Waals surface area contributed by atoms with Gasteiger partial charge in [0.15, 0.2) is 23.1 Å². The van der Waals surface area contributed by atoms with Gasteiger partial charge in [-0.3, -0.25) is 9.69 Å². The number of phenols is 2. The number of nitrogens with zero attached hydrogens (tertiary/aromatic N) is 2. The summed E-state index contributed by atoms with van der Waals surface area (Å²) < 4.78 is 11.1. The highest BCUT2D eigenvalue weighted by atomic mass is 16.8. The average molecular weight is 985 g/mol. The largest absolute Gasteiger partial charge is 0.508 e. The summed E-state index contributed by atoms with van der Waals surface area (Å²) in [5, 5.41) is 102. The molecule has 0 unspecified atom stereocenters. The lowest BCUT2D eigenvalue weighted by molar-refractivity contribution is -0.422. The SMILES string of the molecule is N[C@H]1CC[C@@H]2C=Cc3ccccc3[C@]12[C@@H]1C=C[C@]2(C(=O)O)[C@H]1c1cc(O)c(O[C@]3(O)O[C@H](CO)[C@@H](O)[C@H](O)[C@H]3O)cc1N2C(=O)/C=C/c1ccc(O)c([C@H]2C[C@H](CO)[C@H](CNc3ccc[nH]3)c3nc[nH]c32)c1. The van der Waals surface area contributed by atoms with Crippen molar-refractivity contribution in [2.24, 2.45) is 23.5 Å². The van der Waals surface area contributed by atoms with Gasteiger partial charge in [0.1, 0.15) is 29.9 Å². The third-order valence-electron chi connectivity index (χ3n) is 16.4. The first-order chi connectivity index (χ1) is 34.7. The van der Waals surface area contributed by atoms with Crippen molar-refractivity contribution < 1.29 is 65.0 Å². The van der Waals surface area contributed by atoms with Crippen LogP contribution in [-0.4, -0.2) is 135 Å². The number of imidazole rings is 1. The van der Waals surface area contributed by atoms with Crippen molar-refractivity contribution in [2.75, 3.05) is 30.0 Å². The summed E-state index contributed by atoms with van der Waals surface area (Å²) in [7, 11) is 0. The number of allylic oxidation sites excluding steroid dienone is 2. The lowest BCUT2D eigenvalue weighted by Gasteiger charge is -2.49. The van der Waals surface area contributed by atoms with Crippen LogP contribution in [0.25, 0.3) is 12.2 Å². The zero-order chi connectivity index (χ0) is 50.4. The number of hydrogen-bond acceptors (Lipinski definition) is 15. The maximum atomic E-state index is 15.2. The van der Waals surface area contributed by atoms with E-state index in [0.29, 0.717) is 36.9 Å². The number of aromatic nitrogens is 3. The number of carbonyl (C=O) groups is 2. The normalized spacial score (nSPS) is 34.1. The summed E-state index contributed by atoms with van der Waals surface area (Å²) in [6.45, 7) is -0.567. The number of anilines is 2. The topological polar surface area (TPSA) is 320 Å². The highest BCUT2D eigenvalue weighted by Crippen LogP contribution is 2.66. The number of carboxylic acids is 1. The molecule has 0 radical (unpaired) electrons. The molecule has 19 heteroatoms. The van der Waals surface area contributed by atoms with E-state index in [0.717, 1.165) is 39.3 Å². The van der Waals surface area contributed by atoms with E-state index in [9.17, 15) is 50.8 Å². The van der Waals surface area contributed by atoms with Crippen molar-refractivity contribution in [1.29, 1.82) is 0 Å². The third kappa shape index (κ3) is 7.05. The lowest BCUT2D eigenvalue weighted by atomic mass is 9.55. The molecule has 4 heterocycles. The Bertz CT molecular complexity index is 3010. The number of amides is 1. The molecule has 0 bridgehead atoms. The minimum Gasteiger partial charge on any atom is -0.508 e. The molecule has 2 aromatic heterocycles. The smallest absolute Gasteiger partial charge is 0.355 e. The van der Waals surface area contributed by atoms with E-state index in [1.54, 1.807) is 18.5 Å². The number of fused-ring (bicyclic) bond motifs is 7. The molecule has 14 atom stereocenters. The molecule has 19 nitrogen and oxygen atoms in total. The van der Waals surface area contributed by atoms with E-state index in [-0.39, 0.29) is 41.4 Å². The van der Waals surface area contributed by atoms with Crippen molar-refractivity contribution in [3.8, 4) is 17.2 Å². The molecular weight excluding hydrogens is 929 g/mol. The van der Waals surface area contributed by atoms with Crippen LogP contribution in [0.4, 0.5) is 11.5 Å². The molecule has 11 rings (SSSR count). The fourth-order valence-corrected chi connectivity index (χ4v) is 13.1. The van der Waals surface area contributed by atoms with Gasteiger partial charge in [-0.25, -0.2) is 9.78 Å². The van der Waals surface area contributed by atoms with Crippen molar-refractivity contribution in [3.05, 3.63) is 143 Å². The Morgan fingerprint density at radius 2 is 1.78 bits per heavy atom. The van der Waals surface area contributed by atoms with Gasteiger partial charge in [-0.1, -0.05) is 54.6 Å². The molecule has 376 valence electrons. The van der Waals surface area contributed by atoms with Gasteiger partial charge in [0.2, 0.25) is 0 Å². The molecule has 14 N–H and O–H groups in total. The number of benzene rings is 3. The van der Waals surface area contributed by atoms with Crippen LogP contribution in [0.5, 0.6) is 17.2 Å². The number of hydrogen-bond donors (Lipinski definition) is 13. The fraction of sp³-hybridized carbons (Fsp3) is 0.377. The van der Waals surface area contributed by atoms with Crippen molar-refractivity contribution in [2.45, 2.75) is 84.4 Å². The maximum Gasteiger partial charge on any atom is 0.355 e. The lowest BCUT2D eigenvalue weighted by Crippen LogP contribution is -2.67. The number of carbonyl (C=O) groups excluding carboxylic acids is 1. The number of carboxylic acid groups (broad SMARTS) is 1. The predicted octanol–water partition coefficient (Wildman–Crippen LogP) is 2.84. The molecule has 1 saturated heterocycles. The Kier molecular flexibility index (Phi) is 11.7. The maximum absolute atomic E-state index is 15.2. The Balaban J connectivity index is 0.989. The van der Waals surface area contributed by atoms with Gasteiger partial charge in [0.05, 0.1) is 24.3 Å². The van der Waals surface area contributed by atoms with Gasteiger partial charge in [0, 0.05) is 72.0 Å². The minimum absolute atomic E-state index is 0.0257. The first-order valence-electron chi connectivity index (χ1n) is 24.1. The zero-order valence-corrected chi connectivity index (χ0v) is 38.7. The second-order valence-electron chi connectivity index (χ2n) is 19.9. The highest BCUT2D eigenvalue weighted by Gasteiger charge is 2.69. The fourth-order valence-electron chi connectivity index (χ4n) is 13.1. The summed E-state index contributed by atoms with van der Waals surface area (Å²) >= 11 is 0. The number of rotatable bonds is 12. The van der Waals surface area contributed by atoms with E-state index in [4.69, 9.17) is 15.2 Å². The van der Waals surface area contributed by atoms with E-state index in [2.05, 4.69) is 26.3 Å². The molecule has 6 aliphatic rings. The van der Waals surface area contributed by atoms with E-state index in [1.807, 2.05) is 54.7 Å². The second kappa shape index (κ2) is 17.7. The number of aromatic hydroxyl groups is 2. The number of aliphatic hydroxyl groups excluding tert-OH is 5. The van der Waals surface area contributed by atoms with E-state index >= 15 is 4.79 Å². The Morgan fingerprint density at radius 1 is 0.958 bits per heavy atom. The number of ether oxygens (including phenoxy) is 2. The Labute approximate surface area is 412 Å². The first-order valence-corrected chi connectivity index (χ1v) is 24.1. The summed E-state index contributed by atoms with van der Waals surface area (Å²) in [4.78, 5) is 41.6. The van der Waals surface area contributed by atoms with E-state index in [1.165, 1.54) is 30.4 Å². The molecule has 0 spiro atoms. The first kappa shape index (κ1) is 47.5. The molecule has 4 aliphatic carbocycles. The van der Waals surface area contributed by atoms with Crippen LogP contribution in [0.1, 0.15) is 76.2 Å². The minimum atomic E-state index is -3.17. The molecule has 2 fully saturated rings. The number of H-pyrrole nitrogens is 2. The monoisotopic (exact) mass is 984 g/mol. The second-order valence-corrected chi connectivity index (χ2v) is 19.9. The Hall–Kier alpha value is -6.81. The predicted molar refractivity (Wildman–Crippen MR) is 260 cm³/mol. The number of aliphatic hydroxyl groups is 6. The van der Waals surface area contributed by atoms with E-state index < -0.39 is 95.1 Å². The van der Waals surface area contributed by atoms with Crippen molar-refractivity contribution in [3.63, 3.8) is 0 Å². The van der Waals surface area contributed by atoms with Gasteiger partial charge in [-0.05, 0) is 95.7 Å². The van der Waals surface area contributed by atoms with Gasteiger partial charge < -0.3 is 76.5 Å². The van der Waals surface area contributed by atoms with Crippen LogP contribution in [-0.2, 0) is 19.7 Å². The van der Waals surface area contributed by atoms with Crippen LogP contribution in [0, 0.1) is 17.8 Å². The van der Waals surface area contributed by atoms with Gasteiger partial charge in [0.25, 0.3) is 5.91 Å². The van der Waals surface area contributed by atoms with Crippen LogP contribution >= 0.6 is 0 Å². The molecule has 1 saturated carbocycles. The van der Waals surface area contributed by atoms with Gasteiger partial charge in [-0.2, -0.15) is 0 Å². The van der Waals surface area contributed by atoms with Crippen LogP contribution in [0.3, 0.4) is 0 Å². The number of nitrogens with two attached hydrogens (primary N) is 1. The van der Waals surface area contributed by atoms with Gasteiger partial charge in [-0.15, -0.1) is 0 Å². The number of aliphatic carboxylic acids is 1. The highest BCUT2D eigenvalue weighted by molar-refractivity contribution is 6.13. The quantitative estimate of drug-likeness (QED) is 0.0486. The zero-order valence-electron chi connectivity index (χ0n) is 38.7. The average Bonchev–Trinajstić information content (AvgIpc) is 4.24. The summed E-state index contributed by atoms with van der Waals surface area (Å²) in [6, 6.07) is 18.3. The van der Waals surface area contributed by atoms with Crippen molar-refractivity contribution >= 4 is 35.5 Å². The molecule has 2 aliphatic heterocycles. The number of nitrogens with one attached hydrogen (secondary N) is 3. The summed E-state index contributed by atoms with van der Waals surface area (Å²) in [6.07, 6.45) is 7.43. The van der Waals surface area contributed by atoms with Crippen LogP contribution < -0.4 is 20.7 Å². The Morgan fingerprint density at radius 3 is 2.54 bits per heavy atom. The van der Waals surface area contributed by atoms with Crippen molar-refractivity contribution in [1.82, 2.24) is 15.0 Å². The summed E-state index contributed by atoms with van der Waals surface area (Å²) in [5.74, 6) is -8.54.